The SMILES string of the molecule is O=C(Oc1cccc(O)c1)c1cccc2ccccc12. The molecule has 3 rings (SSSR count). The topological polar surface area (TPSA) is 46.5 Å². The number of aromatic hydroxyl groups is 1. The van der Waals surface area contributed by atoms with Crippen LogP contribution in [0.25, 0.3) is 10.8 Å². The number of phenols is 1. The molecule has 0 aliphatic rings. The fourth-order valence-corrected chi connectivity index (χ4v) is 2.11. The van der Waals surface area contributed by atoms with E-state index < -0.39 is 5.97 Å². The van der Waals surface area contributed by atoms with Gasteiger partial charge in [0, 0.05) is 6.07 Å². The number of hydrogen-bond donors (Lipinski definition) is 1. The summed E-state index contributed by atoms with van der Waals surface area (Å²) < 4.78 is 5.29. The van der Waals surface area contributed by atoms with Crippen LogP contribution in [0.5, 0.6) is 11.5 Å². The number of hydrogen-bond acceptors (Lipinski definition) is 3. The summed E-state index contributed by atoms with van der Waals surface area (Å²) in [5, 5.41) is 11.2. The van der Waals surface area contributed by atoms with Gasteiger partial charge in [-0.25, -0.2) is 4.79 Å². The van der Waals surface area contributed by atoms with Crippen LogP contribution in [0.1, 0.15) is 10.4 Å². The van der Waals surface area contributed by atoms with Crippen LogP contribution >= 0.6 is 0 Å². The van der Waals surface area contributed by atoms with E-state index in [2.05, 4.69) is 0 Å². The molecule has 0 saturated heterocycles. The predicted molar refractivity (Wildman–Crippen MR) is 77.0 cm³/mol. The molecule has 0 atom stereocenters. The normalized spacial score (nSPS) is 10.4. The highest BCUT2D eigenvalue weighted by Crippen LogP contribution is 2.22. The van der Waals surface area contributed by atoms with E-state index in [1.54, 1.807) is 18.2 Å². The van der Waals surface area contributed by atoms with Gasteiger partial charge in [-0.3, -0.25) is 0 Å². The lowest BCUT2D eigenvalue weighted by Crippen LogP contribution is -2.08. The molecule has 3 nitrogen and oxygen atoms in total. The number of phenolic OH excluding ortho intramolecular Hbond substituents is 1. The Bertz CT molecular complexity index is 773. The van der Waals surface area contributed by atoms with E-state index in [1.807, 2.05) is 36.4 Å². The van der Waals surface area contributed by atoms with Gasteiger partial charge in [-0.2, -0.15) is 0 Å². The number of carbonyl (C=O) groups is 1. The third kappa shape index (κ3) is 2.34. The Labute approximate surface area is 116 Å². The van der Waals surface area contributed by atoms with Crippen LogP contribution in [0, 0.1) is 0 Å². The minimum atomic E-state index is -0.438. The lowest BCUT2D eigenvalue weighted by molar-refractivity contribution is 0.0736. The van der Waals surface area contributed by atoms with Crippen molar-refractivity contribution in [1.29, 1.82) is 0 Å². The summed E-state index contributed by atoms with van der Waals surface area (Å²) in [6.07, 6.45) is 0. The van der Waals surface area contributed by atoms with Gasteiger partial charge in [-0.05, 0) is 29.0 Å². The first-order valence-corrected chi connectivity index (χ1v) is 6.23. The van der Waals surface area contributed by atoms with Gasteiger partial charge in [0.1, 0.15) is 11.5 Å². The third-order valence-corrected chi connectivity index (χ3v) is 3.04. The van der Waals surface area contributed by atoms with Crippen LogP contribution < -0.4 is 4.74 Å². The first-order valence-electron chi connectivity index (χ1n) is 6.23. The molecule has 0 heterocycles. The number of benzene rings is 3. The molecule has 3 heteroatoms. The Morgan fingerprint density at radius 3 is 2.50 bits per heavy atom. The number of esters is 1. The van der Waals surface area contributed by atoms with Gasteiger partial charge < -0.3 is 9.84 Å². The van der Waals surface area contributed by atoms with Gasteiger partial charge in [0.2, 0.25) is 0 Å². The molecule has 0 unspecified atom stereocenters. The quantitative estimate of drug-likeness (QED) is 0.566. The van der Waals surface area contributed by atoms with Crippen LogP contribution in [0.3, 0.4) is 0 Å². The summed E-state index contributed by atoms with van der Waals surface area (Å²) >= 11 is 0. The molecular weight excluding hydrogens is 252 g/mol. The van der Waals surface area contributed by atoms with E-state index in [0.717, 1.165) is 10.8 Å². The van der Waals surface area contributed by atoms with Crippen molar-refractivity contribution >= 4 is 16.7 Å². The molecule has 0 aromatic heterocycles. The van der Waals surface area contributed by atoms with Crippen LogP contribution in [0.15, 0.2) is 66.7 Å². The van der Waals surface area contributed by atoms with Gasteiger partial charge in [0.25, 0.3) is 0 Å². The highest BCUT2D eigenvalue weighted by atomic mass is 16.5. The fourth-order valence-electron chi connectivity index (χ4n) is 2.11. The fraction of sp³-hybridized carbons (Fsp3) is 0. The predicted octanol–water partition coefficient (Wildman–Crippen LogP) is 3.76. The number of fused-ring (bicyclic) bond motifs is 1. The molecule has 0 aliphatic carbocycles. The lowest BCUT2D eigenvalue weighted by Gasteiger charge is -2.07. The molecule has 1 N–H and O–H groups in total. The first kappa shape index (κ1) is 12.2. The molecule has 3 aromatic rings. The second-order valence-electron chi connectivity index (χ2n) is 4.41. The van der Waals surface area contributed by atoms with Gasteiger partial charge in [0.05, 0.1) is 5.56 Å². The van der Waals surface area contributed by atoms with Crippen LogP contribution in [-0.2, 0) is 0 Å². The minimum Gasteiger partial charge on any atom is -0.508 e. The zero-order valence-electron chi connectivity index (χ0n) is 10.6. The highest BCUT2D eigenvalue weighted by molar-refractivity contribution is 6.05. The maximum Gasteiger partial charge on any atom is 0.344 e. The Hall–Kier alpha value is -2.81. The molecular formula is C17H12O3. The molecule has 0 saturated carbocycles. The van der Waals surface area contributed by atoms with Crippen molar-refractivity contribution in [3.8, 4) is 11.5 Å². The van der Waals surface area contributed by atoms with Crippen molar-refractivity contribution in [2.45, 2.75) is 0 Å². The van der Waals surface area contributed by atoms with Crippen molar-refractivity contribution in [2.24, 2.45) is 0 Å². The molecule has 0 amide bonds. The summed E-state index contributed by atoms with van der Waals surface area (Å²) in [6.45, 7) is 0. The maximum absolute atomic E-state index is 12.2. The van der Waals surface area contributed by atoms with E-state index in [0.29, 0.717) is 11.3 Å². The third-order valence-electron chi connectivity index (χ3n) is 3.04. The summed E-state index contributed by atoms with van der Waals surface area (Å²) in [5.41, 5.74) is 0.506. The van der Waals surface area contributed by atoms with E-state index in [-0.39, 0.29) is 5.75 Å². The Morgan fingerprint density at radius 1 is 0.900 bits per heavy atom. The average molecular weight is 264 g/mol. The van der Waals surface area contributed by atoms with E-state index in [1.165, 1.54) is 12.1 Å². The van der Waals surface area contributed by atoms with Crippen molar-refractivity contribution < 1.29 is 14.6 Å². The Balaban J connectivity index is 1.97. The molecule has 20 heavy (non-hydrogen) atoms. The van der Waals surface area contributed by atoms with Crippen molar-refractivity contribution in [3.05, 3.63) is 72.3 Å². The maximum atomic E-state index is 12.2. The smallest absolute Gasteiger partial charge is 0.344 e. The van der Waals surface area contributed by atoms with Gasteiger partial charge in [0.15, 0.2) is 0 Å². The highest BCUT2D eigenvalue weighted by Gasteiger charge is 2.12. The molecule has 0 bridgehead atoms. The second kappa shape index (κ2) is 5.05. The monoisotopic (exact) mass is 264 g/mol. The van der Waals surface area contributed by atoms with E-state index in [9.17, 15) is 9.90 Å². The first-order chi connectivity index (χ1) is 9.74. The van der Waals surface area contributed by atoms with Gasteiger partial charge in [-0.1, -0.05) is 42.5 Å². The number of rotatable bonds is 2. The standard InChI is InChI=1S/C17H12O3/c18-13-7-4-8-14(11-13)20-17(19)16-10-3-6-12-5-1-2-9-15(12)16/h1-11,18H. The van der Waals surface area contributed by atoms with Crippen LogP contribution in [0.4, 0.5) is 0 Å². The molecule has 0 fully saturated rings. The van der Waals surface area contributed by atoms with Crippen LogP contribution in [-0.4, -0.2) is 11.1 Å². The van der Waals surface area contributed by atoms with Crippen molar-refractivity contribution in [3.63, 3.8) is 0 Å². The molecule has 0 spiro atoms. The number of ether oxygens (including phenoxy) is 1. The summed E-state index contributed by atoms with van der Waals surface area (Å²) in [5.74, 6) is -0.0523. The largest absolute Gasteiger partial charge is 0.508 e. The average Bonchev–Trinajstić information content (AvgIpc) is 2.46. The Kier molecular flexibility index (Phi) is 3.09. The van der Waals surface area contributed by atoms with Gasteiger partial charge in [-0.15, -0.1) is 0 Å². The van der Waals surface area contributed by atoms with Crippen molar-refractivity contribution in [2.75, 3.05) is 0 Å². The van der Waals surface area contributed by atoms with Crippen LogP contribution in [0.2, 0.25) is 0 Å². The van der Waals surface area contributed by atoms with E-state index in [4.69, 9.17) is 4.74 Å². The summed E-state index contributed by atoms with van der Waals surface area (Å²) in [4.78, 5) is 12.2. The van der Waals surface area contributed by atoms with Gasteiger partial charge >= 0.3 is 5.97 Å². The van der Waals surface area contributed by atoms with E-state index >= 15 is 0 Å². The lowest BCUT2D eigenvalue weighted by atomic mass is 10.0. The molecule has 98 valence electrons. The molecule has 3 aromatic carbocycles. The zero-order chi connectivity index (χ0) is 13.9. The zero-order valence-corrected chi connectivity index (χ0v) is 10.6. The second-order valence-corrected chi connectivity index (χ2v) is 4.41. The summed E-state index contributed by atoms with van der Waals surface area (Å²) in [6, 6.07) is 19.3. The Morgan fingerprint density at radius 2 is 1.65 bits per heavy atom. The molecule has 0 aliphatic heterocycles. The minimum absolute atomic E-state index is 0.0632. The number of carbonyl (C=O) groups excluding carboxylic acids is 1. The summed E-state index contributed by atoms with van der Waals surface area (Å²) in [7, 11) is 0. The van der Waals surface area contributed by atoms with Crippen molar-refractivity contribution in [1.82, 2.24) is 0 Å². The molecule has 0 radical (unpaired) electrons.